The highest BCUT2D eigenvalue weighted by Gasteiger charge is 2.24. The molecule has 0 aromatic heterocycles. The second kappa shape index (κ2) is 8.72. The molecule has 0 aromatic rings. The lowest BCUT2D eigenvalue weighted by Gasteiger charge is -2.13. The summed E-state index contributed by atoms with van der Waals surface area (Å²) in [4.78, 5) is 0. The molecule has 0 amide bonds. The summed E-state index contributed by atoms with van der Waals surface area (Å²) in [7, 11) is -3.39. The molecule has 0 aromatic carbocycles. The van der Waals surface area contributed by atoms with Gasteiger partial charge in [0.1, 0.15) is 0 Å². The first-order valence-corrected chi connectivity index (χ1v) is 6.53. The van der Waals surface area contributed by atoms with Gasteiger partial charge < -0.3 is 4.52 Å². The van der Waals surface area contributed by atoms with E-state index >= 15 is 0 Å². The van der Waals surface area contributed by atoms with Gasteiger partial charge in [0.05, 0.1) is 19.5 Å². The molecule has 0 radical (unpaired) electrons. The molecule has 5 heteroatoms. The lowest BCUT2D eigenvalue weighted by molar-refractivity contribution is 0.154. The molecule has 0 saturated carbocycles. The Kier molecular flexibility index (Phi) is 8.38. The second-order valence-corrected chi connectivity index (χ2v) is 4.17. The van der Waals surface area contributed by atoms with Crippen molar-refractivity contribution in [2.24, 2.45) is 0 Å². The lowest BCUT2D eigenvalue weighted by atomic mass is 10.4. The summed E-state index contributed by atoms with van der Waals surface area (Å²) < 4.78 is 26.5. The molecule has 0 rings (SSSR count). The summed E-state index contributed by atoms with van der Waals surface area (Å²) in [5.41, 5.74) is 0. The van der Waals surface area contributed by atoms with E-state index in [0.717, 1.165) is 6.42 Å². The second-order valence-electron chi connectivity index (χ2n) is 2.55. The molecule has 4 nitrogen and oxygen atoms in total. The SMILES string of the molecule is CC/C=C/C=C\OP(=O)(OCC)OCC. The third-order valence-corrected chi connectivity index (χ3v) is 2.85. The quantitative estimate of drug-likeness (QED) is 0.365. The van der Waals surface area contributed by atoms with Crippen molar-refractivity contribution in [3.8, 4) is 0 Å². The van der Waals surface area contributed by atoms with Gasteiger partial charge in [0.15, 0.2) is 0 Å². The fourth-order valence-electron chi connectivity index (χ4n) is 0.784. The summed E-state index contributed by atoms with van der Waals surface area (Å²) in [5, 5.41) is 0. The fraction of sp³-hybridized carbons (Fsp3) is 0.600. The number of allylic oxidation sites excluding steroid dienone is 3. The minimum atomic E-state index is -3.39. The number of rotatable bonds is 8. The lowest BCUT2D eigenvalue weighted by Crippen LogP contribution is -1.96. The molecule has 0 unspecified atom stereocenters. The van der Waals surface area contributed by atoms with Gasteiger partial charge in [-0.15, -0.1) is 0 Å². The molecular weight excluding hydrogens is 215 g/mol. The van der Waals surface area contributed by atoms with Crippen molar-refractivity contribution in [2.75, 3.05) is 13.2 Å². The van der Waals surface area contributed by atoms with Gasteiger partial charge in [-0.25, -0.2) is 4.57 Å². The van der Waals surface area contributed by atoms with Crippen molar-refractivity contribution < 1.29 is 18.1 Å². The third kappa shape index (κ3) is 7.37. The van der Waals surface area contributed by atoms with E-state index < -0.39 is 7.82 Å². The van der Waals surface area contributed by atoms with Crippen LogP contribution >= 0.6 is 7.82 Å². The zero-order chi connectivity index (χ0) is 11.6. The first-order chi connectivity index (χ1) is 7.18. The van der Waals surface area contributed by atoms with Gasteiger partial charge in [0.25, 0.3) is 0 Å². The van der Waals surface area contributed by atoms with Gasteiger partial charge in [0, 0.05) is 0 Å². The van der Waals surface area contributed by atoms with Crippen molar-refractivity contribution in [2.45, 2.75) is 27.2 Å². The van der Waals surface area contributed by atoms with Crippen LogP contribution in [0.15, 0.2) is 24.5 Å². The number of hydrogen-bond acceptors (Lipinski definition) is 4. The van der Waals surface area contributed by atoms with Crippen molar-refractivity contribution in [1.29, 1.82) is 0 Å². The number of hydrogen-bond donors (Lipinski definition) is 0. The molecule has 0 heterocycles. The normalized spacial score (nSPS) is 12.7. The molecule has 0 fully saturated rings. The smallest absolute Gasteiger partial charge is 0.412 e. The summed E-state index contributed by atoms with van der Waals surface area (Å²) in [5.74, 6) is 0. The van der Waals surface area contributed by atoms with Gasteiger partial charge in [-0.3, -0.25) is 9.05 Å². The van der Waals surface area contributed by atoms with Gasteiger partial charge in [-0.05, 0) is 26.3 Å². The minimum absolute atomic E-state index is 0.288. The van der Waals surface area contributed by atoms with Crippen molar-refractivity contribution in [1.82, 2.24) is 0 Å². The highest BCUT2D eigenvalue weighted by atomic mass is 31.2. The predicted molar refractivity (Wildman–Crippen MR) is 60.5 cm³/mol. The molecule has 0 N–H and O–H groups in total. The Bertz CT molecular complexity index is 238. The van der Waals surface area contributed by atoms with Crippen LogP contribution in [0.3, 0.4) is 0 Å². The van der Waals surface area contributed by atoms with Crippen molar-refractivity contribution in [3.05, 3.63) is 24.5 Å². The maximum atomic E-state index is 11.7. The highest BCUT2D eigenvalue weighted by Crippen LogP contribution is 2.49. The molecule has 88 valence electrons. The van der Waals surface area contributed by atoms with Gasteiger partial charge in [0.2, 0.25) is 0 Å². The number of phosphoric ester groups is 1. The molecule has 0 spiro atoms. The summed E-state index contributed by atoms with van der Waals surface area (Å²) in [6, 6.07) is 0. The summed E-state index contributed by atoms with van der Waals surface area (Å²) >= 11 is 0. The molecule has 15 heavy (non-hydrogen) atoms. The van der Waals surface area contributed by atoms with Gasteiger partial charge in [-0.2, -0.15) is 0 Å². The Hall–Kier alpha value is -0.570. The van der Waals surface area contributed by atoms with Crippen LogP contribution < -0.4 is 0 Å². The van der Waals surface area contributed by atoms with Gasteiger partial charge >= 0.3 is 7.82 Å². The molecule has 0 bridgehead atoms. The molecule has 0 aliphatic rings. The largest absolute Gasteiger partial charge is 0.529 e. The fourth-order valence-corrected chi connectivity index (χ4v) is 1.83. The van der Waals surface area contributed by atoms with Crippen molar-refractivity contribution in [3.63, 3.8) is 0 Å². The Morgan fingerprint density at radius 2 is 1.67 bits per heavy atom. The van der Waals surface area contributed by atoms with E-state index in [1.54, 1.807) is 19.9 Å². The van der Waals surface area contributed by atoms with Crippen LogP contribution in [-0.2, 0) is 18.1 Å². The van der Waals surface area contributed by atoms with Crippen molar-refractivity contribution >= 4 is 7.82 Å². The average molecular weight is 234 g/mol. The van der Waals surface area contributed by atoms with E-state index in [0.29, 0.717) is 0 Å². The molecule has 0 saturated heterocycles. The molecular formula is C10H19O4P. The van der Waals surface area contributed by atoms with Crippen LogP contribution in [0, 0.1) is 0 Å². The van der Waals surface area contributed by atoms with E-state index in [4.69, 9.17) is 13.6 Å². The van der Waals surface area contributed by atoms with E-state index in [2.05, 4.69) is 0 Å². The van der Waals surface area contributed by atoms with E-state index in [1.165, 1.54) is 6.26 Å². The first-order valence-electron chi connectivity index (χ1n) is 5.07. The standard InChI is InChI=1S/C10H19O4P/c1-4-7-8-9-10-14-15(11,12-5-2)13-6-3/h7-10H,4-6H2,1-3H3/b8-7+,10-9-. The van der Waals surface area contributed by atoms with E-state index in [-0.39, 0.29) is 13.2 Å². The van der Waals surface area contributed by atoms with Crippen LogP contribution in [0.4, 0.5) is 0 Å². The summed E-state index contributed by atoms with van der Waals surface area (Å²) in [6.07, 6.45) is 7.67. The van der Waals surface area contributed by atoms with Crippen LogP contribution in [0.25, 0.3) is 0 Å². The van der Waals surface area contributed by atoms with Crippen LogP contribution in [0.1, 0.15) is 27.2 Å². The van der Waals surface area contributed by atoms with E-state index in [9.17, 15) is 4.57 Å². The Labute approximate surface area is 91.5 Å². The summed E-state index contributed by atoms with van der Waals surface area (Å²) in [6.45, 7) is 6.06. The average Bonchev–Trinajstić information content (AvgIpc) is 2.18. The first kappa shape index (κ1) is 14.4. The highest BCUT2D eigenvalue weighted by molar-refractivity contribution is 7.48. The molecule has 0 atom stereocenters. The Balaban J connectivity index is 4.11. The third-order valence-electron chi connectivity index (χ3n) is 1.33. The predicted octanol–water partition coefficient (Wildman–Crippen LogP) is 3.66. The maximum Gasteiger partial charge on any atom is 0.529 e. The molecule has 0 aliphatic heterocycles. The zero-order valence-corrected chi connectivity index (χ0v) is 10.4. The topological polar surface area (TPSA) is 44.8 Å². The van der Waals surface area contributed by atoms with Crippen LogP contribution in [-0.4, -0.2) is 13.2 Å². The van der Waals surface area contributed by atoms with Crippen LogP contribution in [0.2, 0.25) is 0 Å². The monoisotopic (exact) mass is 234 g/mol. The Morgan fingerprint density at radius 3 is 2.13 bits per heavy atom. The Morgan fingerprint density at radius 1 is 1.07 bits per heavy atom. The maximum absolute atomic E-state index is 11.7. The van der Waals surface area contributed by atoms with Gasteiger partial charge in [-0.1, -0.05) is 19.1 Å². The molecule has 0 aliphatic carbocycles. The number of phosphoric acid groups is 1. The zero-order valence-electron chi connectivity index (χ0n) is 9.51. The van der Waals surface area contributed by atoms with Crippen LogP contribution in [0.5, 0.6) is 0 Å². The van der Waals surface area contributed by atoms with E-state index in [1.807, 2.05) is 19.1 Å². The minimum Gasteiger partial charge on any atom is -0.412 e.